The topological polar surface area (TPSA) is 57.6 Å². The normalized spacial score (nSPS) is 11.5. The molecule has 0 bridgehead atoms. The molecule has 4 nitrogen and oxygen atoms in total. The number of benzene rings is 1. The Kier molecular flexibility index (Phi) is 5.10. The summed E-state index contributed by atoms with van der Waals surface area (Å²) < 4.78 is 24.4. The van der Waals surface area contributed by atoms with E-state index < -0.39 is 23.2 Å². The Morgan fingerprint density at radius 2 is 1.75 bits per heavy atom. The Morgan fingerprint density at radius 1 is 1.25 bits per heavy atom. The van der Waals surface area contributed by atoms with Crippen molar-refractivity contribution >= 4 is 23.6 Å². The Balaban J connectivity index is 2.90. The van der Waals surface area contributed by atoms with Crippen LogP contribution in [-0.2, 0) is 4.79 Å². The van der Waals surface area contributed by atoms with Crippen LogP contribution in [0.3, 0.4) is 0 Å². The zero-order valence-corrected chi connectivity index (χ0v) is 12.1. The summed E-state index contributed by atoms with van der Waals surface area (Å²) in [5.41, 5.74) is -1.10. The highest BCUT2D eigenvalue weighted by Gasteiger charge is 2.35. The summed E-state index contributed by atoms with van der Waals surface area (Å²) in [6, 6.07) is 5.63. The predicted octanol–water partition coefficient (Wildman–Crippen LogP) is 2.94. The largest absolute Gasteiger partial charge is 0.480 e. The van der Waals surface area contributed by atoms with Crippen LogP contribution >= 0.6 is 11.8 Å². The molecule has 0 unspecified atom stereocenters. The number of likely N-dealkylation sites (N-methyl/N-ethyl adjacent to an activating group) is 1. The summed E-state index contributed by atoms with van der Waals surface area (Å²) in [4.78, 5) is 24.7. The summed E-state index contributed by atoms with van der Waals surface area (Å²) in [5.74, 6) is -4.13. The van der Waals surface area contributed by atoms with Crippen LogP contribution in [-0.4, -0.2) is 40.2 Å². The van der Waals surface area contributed by atoms with E-state index >= 15 is 0 Å². The molecule has 0 saturated heterocycles. The molecule has 20 heavy (non-hydrogen) atoms. The van der Waals surface area contributed by atoms with Gasteiger partial charge < -0.3 is 10.0 Å². The lowest BCUT2D eigenvalue weighted by molar-refractivity contribution is -0.147. The number of aliphatic carboxylic acids is 1. The van der Waals surface area contributed by atoms with Gasteiger partial charge in [-0.15, -0.1) is 0 Å². The number of thioether (sulfide) groups is 1. The second kappa shape index (κ2) is 6.21. The average Bonchev–Trinajstić information content (AvgIpc) is 2.37. The number of carbonyl (C=O) groups is 2. The number of nitrogens with zero attached hydrogens (tertiary/aromatic N) is 1. The first-order valence-electron chi connectivity index (χ1n) is 5.72. The lowest BCUT2D eigenvalue weighted by Gasteiger charge is -2.31. The smallest absolute Gasteiger partial charge is 0.329 e. The highest BCUT2D eigenvalue weighted by molar-refractivity contribution is 7.99. The molecule has 0 saturated carbocycles. The van der Waals surface area contributed by atoms with Crippen LogP contribution in [0, 0.1) is 0 Å². The van der Waals surface area contributed by atoms with Gasteiger partial charge in [0.1, 0.15) is 5.54 Å². The molecule has 0 spiro atoms. The van der Waals surface area contributed by atoms with E-state index in [-0.39, 0.29) is 5.56 Å². The molecule has 0 aromatic heterocycles. The number of rotatable bonds is 5. The van der Waals surface area contributed by atoms with E-state index in [9.17, 15) is 18.4 Å². The Morgan fingerprint density at radius 3 is 2.15 bits per heavy atom. The van der Waals surface area contributed by atoms with Crippen LogP contribution in [0.4, 0.5) is 8.78 Å². The molecule has 1 aromatic carbocycles. The fraction of sp³-hybridized carbons (Fsp3) is 0.385. The van der Waals surface area contributed by atoms with Gasteiger partial charge in [0.25, 0.3) is 11.7 Å². The number of alkyl halides is 2. The second-order valence-electron chi connectivity index (χ2n) is 4.63. The van der Waals surface area contributed by atoms with Crippen molar-refractivity contribution in [3.05, 3.63) is 29.8 Å². The molecule has 0 radical (unpaired) electrons. The zero-order valence-electron chi connectivity index (χ0n) is 11.3. The maximum atomic E-state index is 12.2. The number of amides is 1. The zero-order chi connectivity index (χ0) is 15.5. The third-order valence-electron chi connectivity index (χ3n) is 2.99. The van der Waals surface area contributed by atoms with Crippen LogP contribution in [0.1, 0.15) is 24.2 Å². The fourth-order valence-electron chi connectivity index (χ4n) is 1.37. The maximum absolute atomic E-state index is 12.2. The van der Waals surface area contributed by atoms with E-state index in [0.29, 0.717) is 16.7 Å². The molecule has 0 fully saturated rings. The van der Waals surface area contributed by atoms with E-state index in [4.69, 9.17) is 5.11 Å². The lowest BCUT2D eigenvalue weighted by atomic mass is 10.0. The van der Waals surface area contributed by atoms with Crippen molar-refractivity contribution in [3.8, 4) is 0 Å². The Labute approximate surface area is 119 Å². The van der Waals surface area contributed by atoms with Gasteiger partial charge in [-0.25, -0.2) is 4.79 Å². The molecule has 1 N–H and O–H groups in total. The quantitative estimate of drug-likeness (QED) is 0.850. The van der Waals surface area contributed by atoms with Gasteiger partial charge in [0.2, 0.25) is 0 Å². The summed E-state index contributed by atoms with van der Waals surface area (Å²) >= 11 is 0.385. The number of halogens is 2. The third kappa shape index (κ3) is 3.69. The predicted molar refractivity (Wildman–Crippen MR) is 72.1 cm³/mol. The van der Waals surface area contributed by atoms with Gasteiger partial charge >= 0.3 is 5.97 Å². The van der Waals surface area contributed by atoms with Crippen LogP contribution in [0.25, 0.3) is 0 Å². The highest BCUT2D eigenvalue weighted by Crippen LogP contribution is 2.25. The van der Waals surface area contributed by atoms with Crippen molar-refractivity contribution < 1.29 is 23.5 Å². The first kappa shape index (κ1) is 16.4. The minimum Gasteiger partial charge on any atom is -0.480 e. The highest BCUT2D eigenvalue weighted by atomic mass is 32.2. The van der Waals surface area contributed by atoms with E-state index in [0.717, 1.165) is 4.90 Å². The Bertz CT molecular complexity index is 503. The van der Waals surface area contributed by atoms with E-state index in [1.165, 1.54) is 45.2 Å². The van der Waals surface area contributed by atoms with Crippen molar-refractivity contribution in [2.45, 2.75) is 30.0 Å². The standard InChI is InChI=1S/C13H15F2NO3S/c1-13(2,11(18)19)16(3)10(17)8-4-6-9(7-5-8)20-12(14)15/h4-7,12H,1-3H3,(H,18,19). The lowest BCUT2D eigenvalue weighted by Crippen LogP contribution is -2.50. The maximum Gasteiger partial charge on any atom is 0.329 e. The van der Waals surface area contributed by atoms with Crippen LogP contribution in [0.15, 0.2) is 29.2 Å². The van der Waals surface area contributed by atoms with Gasteiger partial charge in [0.05, 0.1) is 0 Å². The molecule has 0 atom stereocenters. The summed E-state index contributed by atoms with van der Waals surface area (Å²) in [6.07, 6.45) is 0. The van der Waals surface area contributed by atoms with E-state index in [1.54, 1.807) is 0 Å². The van der Waals surface area contributed by atoms with E-state index in [1.807, 2.05) is 0 Å². The molecule has 0 aliphatic carbocycles. The monoisotopic (exact) mass is 303 g/mol. The second-order valence-corrected chi connectivity index (χ2v) is 5.69. The minimum atomic E-state index is -2.52. The average molecular weight is 303 g/mol. The van der Waals surface area contributed by atoms with Crippen LogP contribution < -0.4 is 0 Å². The minimum absolute atomic E-state index is 0.250. The number of carbonyl (C=O) groups excluding carboxylic acids is 1. The van der Waals surface area contributed by atoms with Crippen LogP contribution in [0.5, 0.6) is 0 Å². The van der Waals surface area contributed by atoms with Crippen molar-refractivity contribution in [2.24, 2.45) is 0 Å². The molecule has 1 rings (SSSR count). The van der Waals surface area contributed by atoms with Crippen molar-refractivity contribution in [1.29, 1.82) is 0 Å². The molecule has 0 heterocycles. The first-order valence-corrected chi connectivity index (χ1v) is 6.60. The van der Waals surface area contributed by atoms with Crippen molar-refractivity contribution in [2.75, 3.05) is 7.05 Å². The van der Waals surface area contributed by atoms with Gasteiger partial charge in [-0.3, -0.25) is 4.79 Å². The van der Waals surface area contributed by atoms with E-state index in [2.05, 4.69) is 0 Å². The molecule has 1 aromatic rings. The summed E-state index contributed by atoms with van der Waals surface area (Å²) in [7, 11) is 1.39. The van der Waals surface area contributed by atoms with Gasteiger partial charge in [0.15, 0.2) is 0 Å². The van der Waals surface area contributed by atoms with Crippen molar-refractivity contribution in [3.63, 3.8) is 0 Å². The third-order valence-corrected chi connectivity index (χ3v) is 3.72. The van der Waals surface area contributed by atoms with Gasteiger partial charge in [0, 0.05) is 17.5 Å². The Hall–Kier alpha value is -1.63. The molecule has 1 amide bonds. The SMILES string of the molecule is CN(C(=O)c1ccc(SC(F)F)cc1)C(C)(C)C(=O)O. The van der Waals surface area contributed by atoms with Gasteiger partial charge in [-0.05, 0) is 38.1 Å². The summed E-state index contributed by atoms with van der Waals surface area (Å²) in [5, 5.41) is 9.07. The first-order chi connectivity index (χ1) is 9.16. The molecule has 7 heteroatoms. The molecule has 0 aliphatic heterocycles. The fourth-order valence-corrected chi connectivity index (χ4v) is 1.87. The van der Waals surface area contributed by atoms with Gasteiger partial charge in [-0.2, -0.15) is 8.78 Å². The molecule has 110 valence electrons. The summed E-state index contributed by atoms with van der Waals surface area (Å²) in [6.45, 7) is 2.82. The molecular formula is C13H15F2NO3S. The number of carboxylic acid groups (broad SMARTS) is 1. The van der Waals surface area contributed by atoms with Crippen molar-refractivity contribution in [1.82, 2.24) is 4.90 Å². The number of hydrogen-bond donors (Lipinski definition) is 1. The number of carboxylic acids is 1. The van der Waals surface area contributed by atoms with Gasteiger partial charge in [-0.1, -0.05) is 11.8 Å². The number of hydrogen-bond acceptors (Lipinski definition) is 3. The molecular weight excluding hydrogens is 288 g/mol. The van der Waals surface area contributed by atoms with Crippen LogP contribution in [0.2, 0.25) is 0 Å². The molecule has 0 aliphatic rings.